The first-order valence-electron chi connectivity index (χ1n) is 8.37. The monoisotopic (exact) mass is 394 g/mol. The van der Waals surface area contributed by atoms with Gasteiger partial charge in [0.1, 0.15) is 0 Å². The van der Waals surface area contributed by atoms with Gasteiger partial charge in [0, 0.05) is 11.6 Å². The molecule has 0 saturated carbocycles. The van der Waals surface area contributed by atoms with E-state index >= 15 is 0 Å². The van der Waals surface area contributed by atoms with Crippen molar-refractivity contribution in [3.05, 3.63) is 64.7 Å². The Morgan fingerprint density at radius 2 is 1.62 bits per heavy atom. The van der Waals surface area contributed by atoms with E-state index in [1.165, 1.54) is 4.31 Å². The van der Waals surface area contributed by atoms with Gasteiger partial charge in [0.15, 0.2) is 0 Å². The number of rotatable bonds is 8. The molecule has 2 aromatic rings. The summed E-state index contributed by atoms with van der Waals surface area (Å²) in [6.45, 7) is 2.45. The minimum absolute atomic E-state index is 0.165. The Morgan fingerprint density at radius 3 is 2.15 bits per heavy atom. The van der Waals surface area contributed by atoms with Gasteiger partial charge < -0.3 is 5.32 Å². The number of carbonyl (C=O) groups excluding carboxylic acids is 1. The summed E-state index contributed by atoms with van der Waals surface area (Å²) in [4.78, 5) is 12.0. The zero-order valence-electron chi connectivity index (χ0n) is 14.9. The van der Waals surface area contributed by atoms with Gasteiger partial charge in [0.2, 0.25) is 15.9 Å². The molecule has 0 saturated heterocycles. The van der Waals surface area contributed by atoms with Crippen molar-refractivity contribution in [2.24, 2.45) is 0 Å². The quantitative estimate of drug-likeness (QED) is 0.748. The molecule has 0 atom stereocenters. The van der Waals surface area contributed by atoms with Gasteiger partial charge in [-0.15, -0.1) is 0 Å². The number of anilines is 1. The average Bonchev–Trinajstić information content (AvgIpc) is 2.60. The van der Waals surface area contributed by atoms with Crippen molar-refractivity contribution in [3.63, 3.8) is 0 Å². The van der Waals surface area contributed by atoms with Crippen LogP contribution in [0.15, 0.2) is 48.5 Å². The molecule has 0 spiro atoms. The van der Waals surface area contributed by atoms with Crippen LogP contribution in [0.3, 0.4) is 0 Å². The van der Waals surface area contributed by atoms with Crippen molar-refractivity contribution in [1.82, 2.24) is 5.32 Å². The number of benzene rings is 2. The Hall–Kier alpha value is -2.05. The van der Waals surface area contributed by atoms with Crippen LogP contribution in [0.25, 0.3) is 0 Å². The van der Waals surface area contributed by atoms with Crippen LogP contribution in [-0.2, 0) is 27.7 Å². The normalized spacial score (nSPS) is 11.2. The van der Waals surface area contributed by atoms with Crippen molar-refractivity contribution in [2.75, 3.05) is 23.7 Å². The Bertz CT molecular complexity index is 834. The van der Waals surface area contributed by atoms with E-state index in [0.29, 0.717) is 10.7 Å². The fourth-order valence-electron chi connectivity index (χ4n) is 2.53. The summed E-state index contributed by atoms with van der Waals surface area (Å²) in [6.07, 6.45) is 2.28. The van der Waals surface area contributed by atoms with E-state index in [9.17, 15) is 13.2 Å². The molecule has 1 amide bonds. The molecule has 5 nitrogen and oxygen atoms in total. The lowest BCUT2D eigenvalue weighted by molar-refractivity contribution is -0.120. The molecular weight excluding hydrogens is 372 g/mol. The molecular formula is C19H23ClN2O3S. The van der Waals surface area contributed by atoms with Crippen LogP contribution in [0.5, 0.6) is 0 Å². The van der Waals surface area contributed by atoms with Crippen LogP contribution < -0.4 is 9.62 Å². The fourth-order valence-corrected chi connectivity index (χ4v) is 3.58. The number of aryl methyl sites for hydroxylation is 1. The van der Waals surface area contributed by atoms with Crippen molar-refractivity contribution in [2.45, 2.75) is 19.8 Å². The van der Waals surface area contributed by atoms with Gasteiger partial charge in [-0.3, -0.25) is 9.10 Å². The number of amides is 1. The molecule has 0 aromatic heterocycles. The lowest BCUT2D eigenvalue weighted by Crippen LogP contribution is -2.38. The number of sulfonamides is 1. The largest absolute Gasteiger partial charge is 0.354 e. The summed E-state index contributed by atoms with van der Waals surface area (Å²) in [5.74, 6) is -0.165. The molecule has 2 rings (SSSR count). The van der Waals surface area contributed by atoms with Gasteiger partial charge in [0.25, 0.3) is 0 Å². The first kappa shape index (κ1) is 20.3. The number of hydrogen-bond acceptors (Lipinski definition) is 3. The third-order valence-electron chi connectivity index (χ3n) is 3.95. The SMILES string of the molecule is CCc1ccc(N(CCNC(=O)Cc2ccc(Cl)cc2)S(C)(=O)=O)cc1. The Morgan fingerprint density at radius 1 is 1.04 bits per heavy atom. The van der Waals surface area contributed by atoms with Crippen molar-refractivity contribution in [1.29, 1.82) is 0 Å². The van der Waals surface area contributed by atoms with Gasteiger partial charge in [-0.1, -0.05) is 42.8 Å². The summed E-state index contributed by atoms with van der Waals surface area (Å²) >= 11 is 5.82. The predicted molar refractivity (Wildman–Crippen MR) is 106 cm³/mol. The van der Waals surface area contributed by atoms with E-state index in [4.69, 9.17) is 11.6 Å². The van der Waals surface area contributed by atoms with Crippen LogP contribution in [-0.4, -0.2) is 33.7 Å². The van der Waals surface area contributed by atoms with Gasteiger partial charge in [-0.05, 0) is 41.8 Å². The van der Waals surface area contributed by atoms with Gasteiger partial charge in [0.05, 0.1) is 24.9 Å². The first-order chi connectivity index (χ1) is 12.3. The zero-order chi connectivity index (χ0) is 19.2. The minimum Gasteiger partial charge on any atom is -0.354 e. The molecule has 7 heteroatoms. The number of hydrogen-bond donors (Lipinski definition) is 1. The van der Waals surface area contributed by atoms with Gasteiger partial charge >= 0.3 is 0 Å². The molecule has 0 radical (unpaired) electrons. The molecule has 0 fully saturated rings. The maximum Gasteiger partial charge on any atom is 0.232 e. The third-order valence-corrected chi connectivity index (χ3v) is 5.39. The number of nitrogens with one attached hydrogen (secondary N) is 1. The molecule has 26 heavy (non-hydrogen) atoms. The summed E-state index contributed by atoms with van der Waals surface area (Å²) in [5.41, 5.74) is 2.58. The van der Waals surface area contributed by atoms with Gasteiger partial charge in [-0.2, -0.15) is 0 Å². The summed E-state index contributed by atoms with van der Waals surface area (Å²) < 4.78 is 25.5. The van der Waals surface area contributed by atoms with Crippen LogP contribution in [0.2, 0.25) is 5.02 Å². The van der Waals surface area contributed by atoms with E-state index < -0.39 is 10.0 Å². The van der Waals surface area contributed by atoms with E-state index in [1.54, 1.807) is 36.4 Å². The number of carbonyl (C=O) groups is 1. The molecule has 0 aliphatic rings. The molecule has 2 aromatic carbocycles. The van der Waals surface area contributed by atoms with E-state index in [2.05, 4.69) is 5.32 Å². The highest BCUT2D eigenvalue weighted by Crippen LogP contribution is 2.18. The molecule has 0 aliphatic carbocycles. The topological polar surface area (TPSA) is 66.5 Å². The molecule has 0 heterocycles. The van der Waals surface area contributed by atoms with E-state index in [1.807, 2.05) is 19.1 Å². The Kier molecular flexibility index (Phi) is 7.06. The van der Waals surface area contributed by atoms with Crippen LogP contribution in [0.4, 0.5) is 5.69 Å². The lowest BCUT2D eigenvalue weighted by Gasteiger charge is -2.22. The number of nitrogens with zero attached hydrogens (tertiary/aromatic N) is 1. The number of halogens is 1. The second kappa shape index (κ2) is 9.05. The van der Waals surface area contributed by atoms with Crippen molar-refractivity contribution < 1.29 is 13.2 Å². The van der Waals surface area contributed by atoms with Gasteiger partial charge in [-0.25, -0.2) is 8.42 Å². The predicted octanol–water partition coefficient (Wildman–Crippen LogP) is 3.03. The molecule has 1 N–H and O–H groups in total. The first-order valence-corrected chi connectivity index (χ1v) is 10.6. The highest BCUT2D eigenvalue weighted by atomic mass is 35.5. The van der Waals surface area contributed by atoms with Crippen LogP contribution >= 0.6 is 11.6 Å². The molecule has 140 valence electrons. The Labute approximate surface area is 160 Å². The smallest absolute Gasteiger partial charge is 0.232 e. The fraction of sp³-hybridized carbons (Fsp3) is 0.316. The standard InChI is InChI=1S/C19H23ClN2O3S/c1-3-15-6-10-18(11-7-15)22(26(2,24)25)13-12-21-19(23)14-16-4-8-17(20)9-5-16/h4-11H,3,12-14H2,1-2H3,(H,21,23). The van der Waals surface area contributed by atoms with Crippen molar-refractivity contribution >= 4 is 33.2 Å². The van der Waals surface area contributed by atoms with Crippen LogP contribution in [0, 0.1) is 0 Å². The highest BCUT2D eigenvalue weighted by Gasteiger charge is 2.17. The molecule has 0 aliphatic heterocycles. The summed E-state index contributed by atoms with van der Waals surface area (Å²) in [5, 5.41) is 3.38. The Balaban J connectivity index is 1.94. The lowest BCUT2D eigenvalue weighted by atomic mass is 10.1. The van der Waals surface area contributed by atoms with E-state index in [-0.39, 0.29) is 25.4 Å². The summed E-state index contributed by atoms with van der Waals surface area (Å²) in [6, 6.07) is 14.4. The minimum atomic E-state index is -3.43. The molecule has 0 unspecified atom stereocenters. The maximum absolute atomic E-state index is 12.1. The van der Waals surface area contributed by atoms with Crippen molar-refractivity contribution in [3.8, 4) is 0 Å². The van der Waals surface area contributed by atoms with Crippen LogP contribution in [0.1, 0.15) is 18.1 Å². The second-order valence-electron chi connectivity index (χ2n) is 6.01. The summed E-state index contributed by atoms with van der Waals surface area (Å²) in [7, 11) is -3.43. The average molecular weight is 395 g/mol. The highest BCUT2D eigenvalue weighted by molar-refractivity contribution is 7.92. The zero-order valence-corrected chi connectivity index (χ0v) is 16.5. The third kappa shape index (κ3) is 6.04. The molecule has 0 bridgehead atoms. The second-order valence-corrected chi connectivity index (χ2v) is 8.35. The van der Waals surface area contributed by atoms with E-state index in [0.717, 1.165) is 23.8 Å². The maximum atomic E-state index is 12.1.